The largest absolute Gasteiger partial charge is 0.316 e. The molecule has 0 aliphatic rings. The van der Waals surface area contributed by atoms with Gasteiger partial charge in [-0.2, -0.15) is 0 Å². The van der Waals surface area contributed by atoms with Crippen LogP contribution in [0.3, 0.4) is 0 Å². The first-order chi connectivity index (χ1) is 10.1. The molecule has 2 aromatic rings. The lowest BCUT2D eigenvalue weighted by Gasteiger charge is -2.16. The van der Waals surface area contributed by atoms with Crippen LogP contribution in [0.5, 0.6) is 0 Å². The van der Waals surface area contributed by atoms with E-state index in [9.17, 15) is 8.78 Å². The second-order valence-electron chi connectivity index (χ2n) is 4.70. The molecule has 0 radical (unpaired) electrons. The van der Waals surface area contributed by atoms with E-state index < -0.39 is 5.82 Å². The van der Waals surface area contributed by atoms with Crippen molar-refractivity contribution in [2.75, 3.05) is 12.8 Å². The Hall–Kier alpha value is -1.10. The lowest BCUT2D eigenvalue weighted by atomic mass is 10.1. The van der Waals surface area contributed by atoms with Gasteiger partial charge in [-0.1, -0.05) is 17.7 Å². The molecule has 2 aromatic carbocycles. The molecule has 0 aliphatic heterocycles. The number of hydrogen-bond acceptors (Lipinski definition) is 2. The number of nitrogens with one attached hydrogen (secondary N) is 1. The zero-order valence-electron chi connectivity index (χ0n) is 11.6. The van der Waals surface area contributed by atoms with E-state index >= 15 is 0 Å². The van der Waals surface area contributed by atoms with Crippen molar-refractivity contribution < 1.29 is 8.78 Å². The zero-order chi connectivity index (χ0) is 15.2. The molecule has 0 spiro atoms. The van der Waals surface area contributed by atoms with Gasteiger partial charge in [0.1, 0.15) is 11.6 Å². The first-order valence-electron chi connectivity index (χ1n) is 6.58. The van der Waals surface area contributed by atoms with Gasteiger partial charge in [-0.15, -0.1) is 11.8 Å². The van der Waals surface area contributed by atoms with Gasteiger partial charge >= 0.3 is 0 Å². The lowest BCUT2D eigenvalue weighted by molar-refractivity contribution is 0.603. The van der Waals surface area contributed by atoms with Crippen molar-refractivity contribution in [3.05, 3.63) is 64.7 Å². The van der Waals surface area contributed by atoms with Crippen molar-refractivity contribution in [3.63, 3.8) is 0 Å². The minimum atomic E-state index is -0.393. The summed E-state index contributed by atoms with van der Waals surface area (Å²) >= 11 is 7.32. The highest BCUT2D eigenvalue weighted by Crippen LogP contribution is 2.21. The molecule has 0 aromatic heterocycles. The highest BCUT2D eigenvalue weighted by Gasteiger charge is 2.10. The van der Waals surface area contributed by atoms with Crippen LogP contribution in [0.25, 0.3) is 0 Å². The predicted octanol–water partition coefficient (Wildman–Crippen LogP) is 4.54. The molecule has 1 unspecified atom stereocenters. The molecule has 0 aliphatic carbocycles. The summed E-state index contributed by atoms with van der Waals surface area (Å²) < 4.78 is 26.3. The molecule has 1 nitrogen and oxygen atoms in total. The fraction of sp³-hybridized carbons (Fsp3) is 0.250. The maximum atomic E-state index is 13.4. The van der Waals surface area contributed by atoms with Crippen molar-refractivity contribution in [2.24, 2.45) is 0 Å². The zero-order valence-corrected chi connectivity index (χ0v) is 13.1. The van der Waals surface area contributed by atoms with E-state index in [2.05, 4.69) is 5.32 Å². The molecule has 0 amide bonds. The molecule has 0 bridgehead atoms. The summed E-state index contributed by atoms with van der Waals surface area (Å²) in [4.78, 5) is 1.01. The number of benzene rings is 2. The smallest absolute Gasteiger partial charge is 0.142 e. The normalized spacial score (nSPS) is 12.4. The van der Waals surface area contributed by atoms with Gasteiger partial charge in [0, 0.05) is 16.7 Å². The van der Waals surface area contributed by atoms with Crippen LogP contribution in [0.1, 0.15) is 5.56 Å². The molecular formula is C16H16ClF2NS. The summed E-state index contributed by atoms with van der Waals surface area (Å²) in [5.74, 6) is 0.184. The average molecular weight is 328 g/mol. The van der Waals surface area contributed by atoms with Gasteiger partial charge in [0.15, 0.2) is 0 Å². The summed E-state index contributed by atoms with van der Waals surface area (Å²) in [5.41, 5.74) is 0.899. The van der Waals surface area contributed by atoms with Crippen molar-refractivity contribution in [2.45, 2.75) is 17.4 Å². The molecule has 0 heterocycles. The van der Waals surface area contributed by atoms with E-state index in [4.69, 9.17) is 11.6 Å². The standard InChI is InChI=1S/C16H16ClF2NS/c1-20-13(8-11-2-7-15(17)16(19)9-11)10-21-14-5-3-12(18)4-6-14/h2-7,9,13,20H,8,10H2,1H3. The van der Waals surface area contributed by atoms with Crippen LogP contribution in [-0.4, -0.2) is 18.8 Å². The van der Waals surface area contributed by atoms with E-state index in [0.29, 0.717) is 6.42 Å². The van der Waals surface area contributed by atoms with Crippen LogP contribution >= 0.6 is 23.4 Å². The second kappa shape index (κ2) is 7.78. The Bertz CT molecular complexity index is 589. The number of rotatable bonds is 6. The predicted molar refractivity (Wildman–Crippen MR) is 85.1 cm³/mol. The van der Waals surface area contributed by atoms with Gasteiger partial charge in [0.05, 0.1) is 5.02 Å². The van der Waals surface area contributed by atoms with E-state index in [1.807, 2.05) is 13.1 Å². The van der Waals surface area contributed by atoms with Crippen LogP contribution in [0.15, 0.2) is 47.4 Å². The number of likely N-dealkylation sites (N-methyl/N-ethyl adjacent to an activating group) is 1. The molecule has 0 saturated carbocycles. The molecule has 1 atom stereocenters. The van der Waals surface area contributed by atoms with Gasteiger partial charge in [-0.3, -0.25) is 0 Å². The summed E-state index contributed by atoms with van der Waals surface area (Å²) in [6.07, 6.45) is 0.707. The van der Waals surface area contributed by atoms with Gasteiger partial charge in [0.2, 0.25) is 0 Å². The minimum absolute atomic E-state index is 0.139. The van der Waals surface area contributed by atoms with Crippen molar-refractivity contribution in [1.82, 2.24) is 5.32 Å². The van der Waals surface area contributed by atoms with Gasteiger partial charge in [-0.05, 0) is 55.4 Å². The van der Waals surface area contributed by atoms with Gasteiger partial charge < -0.3 is 5.32 Å². The molecule has 112 valence electrons. The molecule has 2 rings (SSSR count). The Morgan fingerprint density at radius 2 is 1.86 bits per heavy atom. The fourth-order valence-corrected chi connectivity index (χ4v) is 3.05. The topological polar surface area (TPSA) is 12.0 Å². The van der Waals surface area contributed by atoms with Gasteiger partial charge in [0.25, 0.3) is 0 Å². The minimum Gasteiger partial charge on any atom is -0.316 e. The van der Waals surface area contributed by atoms with Crippen LogP contribution in [0, 0.1) is 11.6 Å². The van der Waals surface area contributed by atoms with Crippen LogP contribution in [0.4, 0.5) is 8.78 Å². The Morgan fingerprint density at radius 3 is 2.48 bits per heavy atom. The number of hydrogen-bond donors (Lipinski definition) is 1. The van der Waals surface area contributed by atoms with Crippen LogP contribution in [-0.2, 0) is 6.42 Å². The Morgan fingerprint density at radius 1 is 1.14 bits per heavy atom. The van der Waals surface area contributed by atoms with E-state index in [1.54, 1.807) is 30.0 Å². The third-order valence-electron chi connectivity index (χ3n) is 3.14. The first kappa shape index (κ1) is 16.3. The molecule has 1 N–H and O–H groups in total. The number of halogens is 3. The Kier molecular flexibility index (Phi) is 6.03. The third kappa shape index (κ3) is 4.99. The highest BCUT2D eigenvalue weighted by molar-refractivity contribution is 7.99. The maximum Gasteiger partial charge on any atom is 0.142 e. The van der Waals surface area contributed by atoms with Crippen molar-refractivity contribution >= 4 is 23.4 Å². The number of thioether (sulfide) groups is 1. The summed E-state index contributed by atoms with van der Waals surface area (Å²) in [5, 5.41) is 3.36. The maximum absolute atomic E-state index is 13.4. The Labute approximate surface area is 132 Å². The molecule has 5 heteroatoms. The fourth-order valence-electron chi connectivity index (χ4n) is 1.92. The van der Waals surface area contributed by atoms with Crippen molar-refractivity contribution in [1.29, 1.82) is 0 Å². The quantitative estimate of drug-likeness (QED) is 0.782. The molecule has 21 heavy (non-hydrogen) atoms. The summed E-state index contributed by atoms with van der Waals surface area (Å²) in [6.45, 7) is 0. The van der Waals surface area contributed by atoms with E-state index in [-0.39, 0.29) is 16.9 Å². The van der Waals surface area contributed by atoms with E-state index in [1.165, 1.54) is 18.2 Å². The molecule has 0 fully saturated rings. The van der Waals surface area contributed by atoms with Crippen LogP contribution in [0.2, 0.25) is 5.02 Å². The highest BCUT2D eigenvalue weighted by atomic mass is 35.5. The second-order valence-corrected chi connectivity index (χ2v) is 6.20. The monoisotopic (exact) mass is 327 g/mol. The van der Waals surface area contributed by atoms with Crippen LogP contribution < -0.4 is 5.32 Å². The average Bonchev–Trinajstić information content (AvgIpc) is 2.49. The van der Waals surface area contributed by atoms with E-state index in [0.717, 1.165) is 16.2 Å². The summed E-state index contributed by atoms with van der Waals surface area (Å²) in [6, 6.07) is 11.5. The lowest BCUT2D eigenvalue weighted by Crippen LogP contribution is -2.30. The third-order valence-corrected chi connectivity index (χ3v) is 4.62. The first-order valence-corrected chi connectivity index (χ1v) is 7.94. The molecule has 0 saturated heterocycles. The van der Waals surface area contributed by atoms with Gasteiger partial charge in [-0.25, -0.2) is 8.78 Å². The summed E-state index contributed by atoms with van der Waals surface area (Å²) in [7, 11) is 1.88. The molecular weight excluding hydrogens is 312 g/mol. The Balaban J connectivity index is 1.93. The SMILES string of the molecule is CNC(CSc1ccc(F)cc1)Cc1ccc(Cl)c(F)c1. The van der Waals surface area contributed by atoms with Crippen molar-refractivity contribution in [3.8, 4) is 0 Å².